The number of hydrogen-bond donors (Lipinski definition) is 1. The Balaban J connectivity index is 2.03. The highest BCUT2D eigenvalue weighted by Gasteiger charge is 2.07. The molecule has 5 nitrogen and oxygen atoms in total. The molecule has 1 aromatic heterocycles. The Labute approximate surface area is 111 Å². The van der Waals surface area contributed by atoms with Gasteiger partial charge in [-0.25, -0.2) is 14.8 Å². The normalized spacial score (nSPS) is 10.0. The van der Waals surface area contributed by atoms with Gasteiger partial charge in [-0.15, -0.1) is 0 Å². The standard InChI is InChI=1S/C14H15N3O2/c1-10-3-5-11(6-4-10)9-16-14-15-8-7-12(17-14)13(18)19-2/h3-8H,9H2,1-2H3,(H,15,16,17). The summed E-state index contributed by atoms with van der Waals surface area (Å²) in [6.07, 6.45) is 1.52. The minimum Gasteiger partial charge on any atom is -0.464 e. The van der Waals surface area contributed by atoms with E-state index in [0.29, 0.717) is 12.5 Å². The smallest absolute Gasteiger partial charge is 0.356 e. The number of anilines is 1. The summed E-state index contributed by atoms with van der Waals surface area (Å²) < 4.78 is 4.61. The number of nitrogens with zero attached hydrogens (tertiary/aromatic N) is 2. The second-order valence-electron chi connectivity index (χ2n) is 4.10. The monoisotopic (exact) mass is 257 g/mol. The molecule has 1 N–H and O–H groups in total. The summed E-state index contributed by atoms with van der Waals surface area (Å²) in [6.45, 7) is 2.64. The molecule has 0 bridgehead atoms. The van der Waals surface area contributed by atoms with E-state index >= 15 is 0 Å². The molecule has 0 fully saturated rings. The number of hydrogen-bond acceptors (Lipinski definition) is 5. The number of esters is 1. The van der Waals surface area contributed by atoms with Crippen molar-refractivity contribution in [3.05, 3.63) is 53.3 Å². The van der Waals surface area contributed by atoms with Gasteiger partial charge in [0.05, 0.1) is 7.11 Å². The summed E-state index contributed by atoms with van der Waals surface area (Å²) in [5.74, 6) is -0.0655. The zero-order valence-electron chi connectivity index (χ0n) is 10.9. The molecule has 98 valence electrons. The predicted molar refractivity (Wildman–Crippen MR) is 71.9 cm³/mol. The van der Waals surface area contributed by atoms with Gasteiger partial charge < -0.3 is 10.1 Å². The fraction of sp³-hybridized carbons (Fsp3) is 0.214. The minimum atomic E-state index is -0.471. The lowest BCUT2D eigenvalue weighted by molar-refractivity contribution is 0.0594. The molecule has 0 aliphatic heterocycles. The molecule has 5 heteroatoms. The van der Waals surface area contributed by atoms with Crippen LogP contribution in [0.25, 0.3) is 0 Å². The molecule has 0 spiro atoms. The van der Waals surface area contributed by atoms with E-state index in [-0.39, 0.29) is 5.69 Å². The lowest BCUT2D eigenvalue weighted by Crippen LogP contribution is -2.09. The molecule has 2 aromatic rings. The van der Waals surface area contributed by atoms with Gasteiger partial charge in [0, 0.05) is 12.7 Å². The van der Waals surface area contributed by atoms with Crippen LogP contribution in [0, 0.1) is 6.92 Å². The number of methoxy groups -OCH3 is 1. The molecule has 0 amide bonds. The Morgan fingerprint density at radius 1 is 1.26 bits per heavy atom. The van der Waals surface area contributed by atoms with E-state index in [4.69, 9.17) is 0 Å². The van der Waals surface area contributed by atoms with Crippen LogP contribution in [-0.4, -0.2) is 23.0 Å². The summed E-state index contributed by atoms with van der Waals surface area (Å²) >= 11 is 0. The van der Waals surface area contributed by atoms with Gasteiger partial charge in [0.2, 0.25) is 5.95 Å². The highest BCUT2D eigenvalue weighted by molar-refractivity contribution is 5.87. The SMILES string of the molecule is COC(=O)c1ccnc(NCc2ccc(C)cc2)n1. The van der Waals surface area contributed by atoms with Gasteiger partial charge in [0.1, 0.15) is 0 Å². The highest BCUT2D eigenvalue weighted by atomic mass is 16.5. The molecule has 19 heavy (non-hydrogen) atoms. The number of rotatable bonds is 4. The van der Waals surface area contributed by atoms with Crippen molar-refractivity contribution < 1.29 is 9.53 Å². The van der Waals surface area contributed by atoms with Crippen LogP contribution >= 0.6 is 0 Å². The van der Waals surface area contributed by atoms with Crippen molar-refractivity contribution in [2.24, 2.45) is 0 Å². The molecule has 2 rings (SSSR count). The van der Waals surface area contributed by atoms with Gasteiger partial charge in [0.15, 0.2) is 5.69 Å². The number of ether oxygens (including phenoxy) is 1. The first-order valence-electron chi connectivity index (χ1n) is 5.90. The fourth-order valence-corrected chi connectivity index (χ4v) is 1.55. The number of benzene rings is 1. The maximum Gasteiger partial charge on any atom is 0.356 e. The van der Waals surface area contributed by atoms with Crippen LogP contribution in [-0.2, 0) is 11.3 Å². The molecule has 1 aromatic carbocycles. The molecule has 0 saturated heterocycles. The predicted octanol–water partition coefficient (Wildman–Crippen LogP) is 2.18. The van der Waals surface area contributed by atoms with E-state index in [1.165, 1.54) is 24.9 Å². The molecule has 0 unspecified atom stereocenters. The Hall–Kier alpha value is -2.43. The summed E-state index contributed by atoms with van der Waals surface area (Å²) in [6, 6.07) is 9.67. The van der Waals surface area contributed by atoms with Crippen molar-refractivity contribution >= 4 is 11.9 Å². The largest absolute Gasteiger partial charge is 0.464 e. The molecule has 0 aliphatic carbocycles. The zero-order chi connectivity index (χ0) is 13.7. The lowest BCUT2D eigenvalue weighted by Gasteiger charge is -2.06. The van der Waals surface area contributed by atoms with Gasteiger partial charge in [-0.2, -0.15) is 0 Å². The van der Waals surface area contributed by atoms with E-state index in [0.717, 1.165) is 5.56 Å². The minimum absolute atomic E-state index is 0.240. The topological polar surface area (TPSA) is 64.1 Å². The van der Waals surface area contributed by atoms with Crippen molar-refractivity contribution in [1.29, 1.82) is 0 Å². The maximum absolute atomic E-state index is 11.3. The molecule has 0 aliphatic rings. The van der Waals surface area contributed by atoms with Gasteiger partial charge in [-0.1, -0.05) is 29.8 Å². The Kier molecular flexibility index (Phi) is 4.07. The van der Waals surface area contributed by atoms with Gasteiger partial charge >= 0.3 is 5.97 Å². The Morgan fingerprint density at radius 2 is 2.00 bits per heavy atom. The van der Waals surface area contributed by atoms with Gasteiger partial charge in [0.25, 0.3) is 0 Å². The first kappa shape index (κ1) is 13.0. The van der Waals surface area contributed by atoms with Crippen LogP contribution < -0.4 is 5.32 Å². The number of carbonyl (C=O) groups is 1. The average molecular weight is 257 g/mol. The van der Waals surface area contributed by atoms with E-state index < -0.39 is 5.97 Å². The number of aryl methyl sites for hydroxylation is 1. The number of aromatic nitrogens is 2. The Bertz CT molecular complexity index is 567. The van der Waals surface area contributed by atoms with Crippen molar-refractivity contribution in [2.45, 2.75) is 13.5 Å². The number of nitrogens with one attached hydrogen (secondary N) is 1. The number of carbonyl (C=O) groups excluding carboxylic acids is 1. The van der Waals surface area contributed by atoms with Crippen LogP contribution in [0.3, 0.4) is 0 Å². The summed E-state index contributed by atoms with van der Waals surface area (Å²) in [5.41, 5.74) is 2.58. The molecule has 1 heterocycles. The van der Waals surface area contributed by atoms with Gasteiger partial charge in [-0.05, 0) is 18.6 Å². The third-order valence-corrected chi connectivity index (χ3v) is 2.62. The third-order valence-electron chi connectivity index (χ3n) is 2.62. The third kappa shape index (κ3) is 3.51. The van der Waals surface area contributed by atoms with Crippen LogP contribution in [0.1, 0.15) is 21.6 Å². The molecule has 0 atom stereocenters. The van der Waals surface area contributed by atoms with E-state index in [1.54, 1.807) is 0 Å². The lowest BCUT2D eigenvalue weighted by atomic mass is 10.1. The quantitative estimate of drug-likeness (QED) is 0.850. The van der Waals surface area contributed by atoms with Crippen LogP contribution in [0.15, 0.2) is 36.5 Å². The van der Waals surface area contributed by atoms with E-state index in [2.05, 4.69) is 20.0 Å². The van der Waals surface area contributed by atoms with Gasteiger partial charge in [-0.3, -0.25) is 0 Å². The van der Waals surface area contributed by atoms with Crippen molar-refractivity contribution in [1.82, 2.24) is 9.97 Å². The van der Waals surface area contributed by atoms with E-state index in [1.807, 2.05) is 31.2 Å². The average Bonchev–Trinajstić information content (AvgIpc) is 2.46. The van der Waals surface area contributed by atoms with Crippen LogP contribution in [0.4, 0.5) is 5.95 Å². The molecule has 0 saturated carbocycles. The Morgan fingerprint density at radius 3 is 2.68 bits per heavy atom. The highest BCUT2D eigenvalue weighted by Crippen LogP contribution is 2.07. The van der Waals surface area contributed by atoms with Crippen molar-refractivity contribution in [3.8, 4) is 0 Å². The first-order valence-corrected chi connectivity index (χ1v) is 5.90. The van der Waals surface area contributed by atoms with Crippen LogP contribution in [0.2, 0.25) is 0 Å². The van der Waals surface area contributed by atoms with Crippen molar-refractivity contribution in [3.63, 3.8) is 0 Å². The second-order valence-corrected chi connectivity index (χ2v) is 4.10. The van der Waals surface area contributed by atoms with E-state index in [9.17, 15) is 4.79 Å². The summed E-state index contributed by atoms with van der Waals surface area (Å²) in [5, 5.41) is 3.07. The first-order chi connectivity index (χ1) is 9.19. The summed E-state index contributed by atoms with van der Waals surface area (Å²) in [4.78, 5) is 19.5. The molecular weight excluding hydrogens is 242 g/mol. The summed E-state index contributed by atoms with van der Waals surface area (Å²) in [7, 11) is 1.32. The molecule has 0 radical (unpaired) electrons. The van der Waals surface area contributed by atoms with Crippen LogP contribution in [0.5, 0.6) is 0 Å². The second kappa shape index (κ2) is 5.95. The maximum atomic E-state index is 11.3. The zero-order valence-corrected chi connectivity index (χ0v) is 10.9. The molecular formula is C14H15N3O2. The fourth-order valence-electron chi connectivity index (χ4n) is 1.55. The van der Waals surface area contributed by atoms with Crippen molar-refractivity contribution in [2.75, 3.05) is 12.4 Å².